The molecule has 1 aliphatic carbocycles. The minimum absolute atomic E-state index is 0.0799. The molecule has 30 heavy (non-hydrogen) atoms. The Bertz CT molecular complexity index is 919. The average molecular weight is 446 g/mol. The first-order valence-electron chi connectivity index (χ1n) is 10.7. The summed E-state index contributed by atoms with van der Waals surface area (Å²) in [5.41, 5.74) is 2.16. The van der Waals surface area contributed by atoms with Crippen LogP contribution < -0.4 is 5.32 Å². The van der Waals surface area contributed by atoms with E-state index in [4.69, 9.17) is 0 Å². The molecule has 0 spiro atoms. The Morgan fingerprint density at radius 2 is 1.90 bits per heavy atom. The lowest BCUT2D eigenvalue weighted by Gasteiger charge is -2.35. The second-order valence-corrected chi connectivity index (χ2v) is 11.6. The van der Waals surface area contributed by atoms with Crippen LogP contribution in [0.15, 0.2) is 17.5 Å². The van der Waals surface area contributed by atoms with E-state index in [2.05, 4.69) is 38.0 Å². The van der Waals surface area contributed by atoms with Gasteiger partial charge < -0.3 is 15.1 Å². The summed E-state index contributed by atoms with van der Waals surface area (Å²) in [4.78, 5) is 32.5. The van der Waals surface area contributed by atoms with Gasteiger partial charge in [0, 0.05) is 31.1 Å². The number of thiophene rings is 2. The van der Waals surface area contributed by atoms with E-state index in [1.165, 1.54) is 21.8 Å². The SMILES string of the molecule is CN1CCN(C(=O)c2c(NC(=O)c3cccs3)sc3c2CC[C@H](C(C)(C)C)C3)CC1. The number of likely N-dealkylation sites (N-methyl/N-ethyl adjacent to an activating group) is 1. The average Bonchev–Trinajstić information content (AvgIpc) is 3.34. The summed E-state index contributed by atoms with van der Waals surface area (Å²) in [7, 11) is 2.09. The van der Waals surface area contributed by atoms with Gasteiger partial charge in [-0.25, -0.2) is 0 Å². The van der Waals surface area contributed by atoms with Crippen molar-refractivity contribution in [3.63, 3.8) is 0 Å². The predicted octanol–water partition coefficient (Wildman–Crippen LogP) is 4.60. The topological polar surface area (TPSA) is 52.6 Å². The number of nitrogens with zero attached hydrogens (tertiary/aromatic N) is 2. The number of rotatable bonds is 3. The molecule has 162 valence electrons. The molecule has 4 rings (SSSR count). The second kappa shape index (κ2) is 8.44. The summed E-state index contributed by atoms with van der Waals surface area (Å²) in [6.45, 7) is 10.2. The Kier molecular flexibility index (Phi) is 6.06. The molecular weight excluding hydrogens is 414 g/mol. The van der Waals surface area contributed by atoms with Gasteiger partial charge in [-0.05, 0) is 54.7 Å². The highest BCUT2D eigenvalue weighted by molar-refractivity contribution is 7.17. The van der Waals surface area contributed by atoms with Gasteiger partial charge in [0.2, 0.25) is 0 Å². The smallest absolute Gasteiger partial charge is 0.266 e. The standard InChI is InChI=1S/C23H31N3O2S2/c1-23(2,3)15-7-8-16-18(14-15)30-21(24-20(27)17-6-5-13-29-17)19(16)22(28)26-11-9-25(4)10-12-26/h5-6,13,15H,7-12,14H2,1-4H3,(H,24,27)/t15-/m0/s1. The van der Waals surface area contributed by atoms with Gasteiger partial charge >= 0.3 is 0 Å². The maximum atomic E-state index is 13.6. The molecule has 7 heteroatoms. The predicted molar refractivity (Wildman–Crippen MR) is 125 cm³/mol. The van der Waals surface area contributed by atoms with Crippen LogP contribution in [-0.4, -0.2) is 54.8 Å². The van der Waals surface area contributed by atoms with Gasteiger partial charge in [-0.2, -0.15) is 0 Å². The quantitative estimate of drug-likeness (QED) is 0.751. The number of anilines is 1. The number of hydrogen-bond donors (Lipinski definition) is 1. The molecule has 1 N–H and O–H groups in total. The second-order valence-electron chi connectivity index (χ2n) is 9.54. The first-order chi connectivity index (χ1) is 14.2. The van der Waals surface area contributed by atoms with Crippen LogP contribution in [0.1, 0.15) is 57.7 Å². The van der Waals surface area contributed by atoms with E-state index in [0.29, 0.717) is 10.8 Å². The fraction of sp³-hybridized carbons (Fsp3) is 0.565. The van der Waals surface area contributed by atoms with Crippen molar-refractivity contribution in [1.82, 2.24) is 9.80 Å². The van der Waals surface area contributed by atoms with Crippen molar-refractivity contribution in [3.05, 3.63) is 38.4 Å². The Morgan fingerprint density at radius 3 is 2.53 bits per heavy atom. The van der Waals surface area contributed by atoms with E-state index in [0.717, 1.165) is 56.0 Å². The minimum atomic E-state index is -0.122. The molecule has 2 aliphatic rings. The van der Waals surface area contributed by atoms with E-state index in [9.17, 15) is 9.59 Å². The molecule has 2 amide bonds. The van der Waals surface area contributed by atoms with Crippen LogP contribution in [0.2, 0.25) is 0 Å². The van der Waals surface area contributed by atoms with Crippen molar-refractivity contribution in [1.29, 1.82) is 0 Å². The van der Waals surface area contributed by atoms with Crippen molar-refractivity contribution in [2.24, 2.45) is 11.3 Å². The number of amides is 2. The van der Waals surface area contributed by atoms with Gasteiger partial charge in [-0.1, -0.05) is 26.8 Å². The Morgan fingerprint density at radius 1 is 1.17 bits per heavy atom. The monoisotopic (exact) mass is 445 g/mol. The van der Waals surface area contributed by atoms with Crippen LogP contribution in [0.25, 0.3) is 0 Å². The first-order valence-corrected chi connectivity index (χ1v) is 12.4. The van der Waals surface area contributed by atoms with Crippen LogP contribution in [0.4, 0.5) is 5.00 Å². The van der Waals surface area contributed by atoms with E-state index in [-0.39, 0.29) is 17.2 Å². The molecule has 5 nitrogen and oxygen atoms in total. The number of fused-ring (bicyclic) bond motifs is 1. The normalized spacial score (nSPS) is 20.1. The van der Waals surface area contributed by atoms with Crippen LogP contribution in [-0.2, 0) is 12.8 Å². The molecule has 0 bridgehead atoms. The molecule has 1 fully saturated rings. The zero-order valence-electron chi connectivity index (χ0n) is 18.3. The summed E-state index contributed by atoms with van der Waals surface area (Å²) >= 11 is 3.04. The molecule has 2 aromatic rings. The molecule has 3 heterocycles. The van der Waals surface area contributed by atoms with E-state index >= 15 is 0 Å². The fourth-order valence-corrected chi connectivity index (χ4v) is 6.31. The maximum absolute atomic E-state index is 13.6. The van der Waals surface area contributed by atoms with Gasteiger partial charge in [-0.3, -0.25) is 9.59 Å². The fourth-order valence-electron chi connectivity index (χ4n) is 4.38. The van der Waals surface area contributed by atoms with Crippen molar-refractivity contribution < 1.29 is 9.59 Å². The highest BCUT2D eigenvalue weighted by Crippen LogP contribution is 2.44. The van der Waals surface area contributed by atoms with E-state index < -0.39 is 0 Å². The van der Waals surface area contributed by atoms with Crippen LogP contribution in [0.5, 0.6) is 0 Å². The Balaban J connectivity index is 1.66. The Hall–Kier alpha value is -1.70. The van der Waals surface area contributed by atoms with Crippen LogP contribution >= 0.6 is 22.7 Å². The van der Waals surface area contributed by atoms with E-state index in [1.54, 1.807) is 11.3 Å². The first kappa shape index (κ1) is 21.5. The molecule has 1 atom stereocenters. The van der Waals surface area contributed by atoms with Crippen LogP contribution in [0.3, 0.4) is 0 Å². The zero-order chi connectivity index (χ0) is 21.5. The van der Waals surface area contributed by atoms with Gasteiger partial charge in [0.1, 0.15) is 5.00 Å². The molecule has 1 saturated heterocycles. The highest BCUT2D eigenvalue weighted by Gasteiger charge is 2.35. The van der Waals surface area contributed by atoms with Crippen molar-refractivity contribution in [2.75, 3.05) is 38.5 Å². The summed E-state index contributed by atoms with van der Waals surface area (Å²) < 4.78 is 0. The number of carbonyl (C=O) groups excluding carboxylic acids is 2. The largest absolute Gasteiger partial charge is 0.336 e. The number of nitrogens with one attached hydrogen (secondary N) is 1. The van der Waals surface area contributed by atoms with Crippen molar-refractivity contribution in [2.45, 2.75) is 40.0 Å². The summed E-state index contributed by atoms with van der Waals surface area (Å²) in [6, 6.07) is 3.70. The van der Waals surface area contributed by atoms with Gasteiger partial charge in [0.05, 0.1) is 10.4 Å². The summed E-state index contributed by atoms with van der Waals surface area (Å²) in [5.74, 6) is 0.552. The lowest BCUT2D eigenvalue weighted by atomic mass is 9.72. The minimum Gasteiger partial charge on any atom is -0.336 e. The third kappa shape index (κ3) is 4.34. The van der Waals surface area contributed by atoms with Gasteiger partial charge in [0.25, 0.3) is 11.8 Å². The number of hydrogen-bond acceptors (Lipinski definition) is 5. The Labute approximate surface area is 187 Å². The summed E-state index contributed by atoms with van der Waals surface area (Å²) in [6.07, 6.45) is 2.99. The molecule has 0 unspecified atom stereocenters. The molecule has 0 radical (unpaired) electrons. The number of carbonyl (C=O) groups is 2. The maximum Gasteiger partial charge on any atom is 0.266 e. The van der Waals surface area contributed by atoms with Crippen molar-refractivity contribution >= 4 is 39.5 Å². The number of piperazine rings is 1. The van der Waals surface area contributed by atoms with Gasteiger partial charge in [-0.15, -0.1) is 22.7 Å². The van der Waals surface area contributed by atoms with E-state index in [1.807, 2.05) is 22.4 Å². The highest BCUT2D eigenvalue weighted by atomic mass is 32.1. The molecule has 0 aromatic carbocycles. The third-order valence-corrected chi connectivity index (χ3v) is 8.50. The molecule has 1 aliphatic heterocycles. The molecular formula is C23H31N3O2S2. The molecule has 2 aromatic heterocycles. The van der Waals surface area contributed by atoms with Crippen molar-refractivity contribution in [3.8, 4) is 0 Å². The summed E-state index contributed by atoms with van der Waals surface area (Å²) in [5, 5.41) is 5.72. The lowest BCUT2D eigenvalue weighted by molar-refractivity contribution is 0.0664. The van der Waals surface area contributed by atoms with Crippen LogP contribution in [0, 0.1) is 11.3 Å². The third-order valence-electron chi connectivity index (χ3n) is 6.47. The van der Waals surface area contributed by atoms with Gasteiger partial charge in [0.15, 0.2) is 0 Å². The molecule has 0 saturated carbocycles. The lowest BCUT2D eigenvalue weighted by Crippen LogP contribution is -2.47. The zero-order valence-corrected chi connectivity index (χ0v) is 19.9.